The highest BCUT2D eigenvalue weighted by Crippen LogP contribution is 2.08. The van der Waals surface area contributed by atoms with Gasteiger partial charge in [0.05, 0.1) is 0 Å². The monoisotopic (exact) mass is 172 g/mol. The van der Waals surface area contributed by atoms with Crippen LogP contribution in [0.3, 0.4) is 0 Å². The third kappa shape index (κ3) is 2.48. The lowest BCUT2D eigenvalue weighted by atomic mass is 10.2. The highest BCUT2D eigenvalue weighted by Gasteiger charge is 2.22. The molecule has 0 aromatic carbocycles. The number of nitrogens with one attached hydrogen (secondary N) is 1. The van der Waals surface area contributed by atoms with E-state index in [4.69, 9.17) is 0 Å². The van der Waals surface area contributed by atoms with E-state index in [1.807, 2.05) is 0 Å². The second-order valence-electron chi connectivity index (χ2n) is 3.84. The van der Waals surface area contributed by atoms with Gasteiger partial charge >= 0.3 is 0 Å². The van der Waals surface area contributed by atoms with E-state index in [-0.39, 0.29) is 7.33 Å². The molecule has 1 aliphatic heterocycles. The number of hydrogen-bond donors (Lipinski definition) is 1. The molecule has 1 saturated heterocycles. The predicted octanol–water partition coefficient (Wildman–Crippen LogP) is 0.851. The van der Waals surface area contributed by atoms with E-state index in [1.54, 1.807) is 0 Å². The van der Waals surface area contributed by atoms with Crippen LogP contribution in [0.5, 0.6) is 0 Å². The van der Waals surface area contributed by atoms with Crippen molar-refractivity contribution in [2.24, 2.45) is 0 Å². The summed E-state index contributed by atoms with van der Waals surface area (Å²) >= 11 is 0. The lowest BCUT2D eigenvalue weighted by molar-refractivity contribution is -0.119. The van der Waals surface area contributed by atoms with Gasteiger partial charge in [-0.2, -0.15) is 0 Å². The summed E-state index contributed by atoms with van der Waals surface area (Å²) in [6.45, 7) is 5.30. The van der Waals surface area contributed by atoms with Gasteiger partial charge in [0.25, 0.3) is 0 Å². The average Bonchev–Trinajstić information content (AvgIpc) is 2.35. The molecule has 1 aliphatic rings. The molecule has 0 aromatic heterocycles. The number of rotatable bonds is 3. The summed E-state index contributed by atoms with van der Waals surface area (Å²) in [7, 11) is 2.09. The van der Waals surface area contributed by atoms with Gasteiger partial charge in [0.2, 0.25) is 5.91 Å². The summed E-state index contributed by atoms with van der Waals surface area (Å²) in [6, 6.07) is 0.937. The fourth-order valence-electron chi connectivity index (χ4n) is 1.37. The molecule has 0 aliphatic carbocycles. The van der Waals surface area contributed by atoms with Crippen molar-refractivity contribution in [3.05, 3.63) is 0 Å². The SMILES string of the molecule is CC(C)N(C)C[C@@H]1CCC(=O)N1.[HH]. The van der Waals surface area contributed by atoms with E-state index in [2.05, 4.69) is 31.1 Å². The molecule has 72 valence electrons. The first kappa shape index (κ1) is 9.52. The first-order valence-electron chi connectivity index (χ1n) is 4.59. The largest absolute Gasteiger partial charge is 0.352 e. The molecule has 1 atom stereocenters. The zero-order chi connectivity index (χ0) is 9.14. The Hall–Kier alpha value is -0.570. The van der Waals surface area contributed by atoms with Crippen LogP contribution >= 0.6 is 0 Å². The molecule has 1 fully saturated rings. The maximum absolute atomic E-state index is 10.9. The number of nitrogens with zero attached hydrogens (tertiary/aromatic N) is 1. The first-order valence-corrected chi connectivity index (χ1v) is 4.59. The second-order valence-corrected chi connectivity index (χ2v) is 3.84. The number of amides is 1. The van der Waals surface area contributed by atoms with E-state index in [1.165, 1.54) is 0 Å². The van der Waals surface area contributed by atoms with Gasteiger partial charge in [0, 0.05) is 26.5 Å². The Morgan fingerprint density at radius 2 is 2.42 bits per heavy atom. The molecule has 1 N–H and O–H groups in total. The van der Waals surface area contributed by atoms with Crippen molar-refractivity contribution in [3.8, 4) is 0 Å². The molecule has 0 bridgehead atoms. The molecule has 3 nitrogen and oxygen atoms in total. The van der Waals surface area contributed by atoms with E-state index in [9.17, 15) is 4.79 Å². The molecule has 0 saturated carbocycles. The molecule has 1 heterocycles. The second kappa shape index (κ2) is 3.90. The van der Waals surface area contributed by atoms with Crippen molar-refractivity contribution in [2.45, 2.75) is 38.8 Å². The molecule has 3 heteroatoms. The normalized spacial score (nSPS) is 23.8. The van der Waals surface area contributed by atoms with Crippen molar-refractivity contribution in [1.82, 2.24) is 10.2 Å². The third-order valence-electron chi connectivity index (χ3n) is 2.47. The maximum atomic E-state index is 10.9. The summed E-state index contributed by atoms with van der Waals surface area (Å²) < 4.78 is 0. The third-order valence-corrected chi connectivity index (χ3v) is 2.47. The Labute approximate surface area is 75.6 Å². The summed E-state index contributed by atoms with van der Waals surface area (Å²) in [5, 5.41) is 2.96. The van der Waals surface area contributed by atoms with E-state index in [0.717, 1.165) is 13.0 Å². The predicted molar refractivity (Wildman–Crippen MR) is 51.0 cm³/mol. The average molecular weight is 172 g/mol. The molecule has 0 radical (unpaired) electrons. The van der Waals surface area contributed by atoms with E-state index in [0.29, 0.717) is 18.5 Å². The fraction of sp³-hybridized carbons (Fsp3) is 0.889. The van der Waals surface area contributed by atoms with Gasteiger partial charge in [-0.25, -0.2) is 0 Å². The molecule has 0 spiro atoms. The lowest BCUT2D eigenvalue weighted by Gasteiger charge is -2.24. The highest BCUT2D eigenvalue weighted by molar-refractivity contribution is 5.78. The van der Waals surface area contributed by atoms with Crippen LogP contribution in [0, 0.1) is 0 Å². The van der Waals surface area contributed by atoms with Gasteiger partial charge < -0.3 is 10.2 Å². The molecule has 1 rings (SSSR count). The number of likely N-dealkylation sites (N-methyl/N-ethyl adjacent to an activating group) is 1. The highest BCUT2D eigenvalue weighted by atomic mass is 16.1. The summed E-state index contributed by atoms with van der Waals surface area (Å²) in [4.78, 5) is 13.1. The first-order chi connectivity index (χ1) is 5.59. The van der Waals surface area contributed by atoms with Crippen LogP contribution in [0.2, 0.25) is 0 Å². The van der Waals surface area contributed by atoms with Crippen LogP contribution in [-0.4, -0.2) is 36.5 Å². The van der Waals surface area contributed by atoms with Crippen LogP contribution in [-0.2, 0) is 4.79 Å². The smallest absolute Gasteiger partial charge is 0.220 e. The van der Waals surface area contributed by atoms with Crippen LogP contribution in [0.4, 0.5) is 0 Å². The van der Waals surface area contributed by atoms with Gasteiger partial charge in [-0.1, -0.05) is 0 Å². The van der Waals surface area contributed by atoms with Gasteiger partial charge in [0.15, 0.2) is 0 Å². The number of carbonyl (C=O) groups excluding carboxylic acids is 1. The molecule has 1 amide bonds. The maximum Gasteiger partial charge on any atom is 0.220 e. The zero-order valence-electron chi connectivity index (χ0n) is 8.13. The minimum atomic E-state index is 0. The molecule has 0 unspecified atom stereocenters. The zero-order valence-corrected chi connectivity index (χ0v) is 8.13. The van der Waals surface area contributed by atoms with Crippen molar-refractivity contribution in [1.29, 1.82) is 0 Å². The number of hydrogen-bond acceptors (Lipinski definition) is 2. The van der Waals surface area contributed by atoms with Gasteiger partial charge in [0.1, 0.15) is 0 Å². The number of carbonyl (C=O) groups is 1. The van der Waals surface area contributed by atoms with Crippen molar-refractivity contribution < 1.29 is 6.22 Å². The fourth-order valence-corrected chi connectivity index (χ4v) is 1.37. The molecule has 0 aromatic rings. The summed E-state index contributed by atoms with van der Waals surface area (Å²) in [5.41, 5.74) is 0. The van der Waals surface area contributed by atoms with Crippen molar-refractivity contribution >= 4 is 5.91 Å². The Morgan fingerprint density at radius 3 is 2.83 bits per heavy atom. The van der Waals surface area contributed by atoms with Gasteiger partial charge in [-0.05, 0) is 27.3 Å². The van der Waals surface area contributed by atoms with Crippen molar-refractivity contribution in [2.75, 3.05) is 13.6 Å². The van der Waals surface area contributed by atoms with Crippen LogP contribution in [0.25, 0.3) is 0 Å². The topological polar surface area (TPSA) is 32.3 Å². The van der Waals surface area contributed by atoms with Gasteiger partial charge in [-0.3, -0.25) is 4.79 Å². The lowest BCUT2D eigenvalue weighted by Crippen LogP contribution is -2.39. The quantitative estimate of drug-likeness (QED) is 0.684. The Bertz CT molecular complexity index is 173. The Morgan fingerprint density at radius 1 is 1.75 bits per heavy atom. The van der Waals surface area contributed by atoms with Crippen LogP contribution in [0.15, 0.2) is 0 Å². The molecule has 12 heavy (non-hydrogen) atoms. The van der Waals surface area contributed by atoms with E-state index >= 15 is 0 Å². The van der Waals surface area contributed by atoms with Crippen LogP contribution < -0.4 is 5.32 Å². The molecular formula is C9H20N2O. The minimum Gasteiger partial charge on any atom is -0.352 e. The minimum absolute atomic E-state index is 0. The summed E-state index contributed by atoms with van der Waals surface area (Å²) in [6.07, 6.45) is 1.70. The van der Waals surface area contributed by atoms with Gasteiger partial charge in [-0.15, -0.1) is 0 Å². The Kier molecular flexibility index (Phi) is 3.09. The standard InChI is InChI=1S/C9H18N2O.H2/c1-7(2)11(3)6-8-4-5-9(12)10-8;/h7-8H,4-6H2,1-3H3,(H,10,12);1H/t8-;/m0./s1. The Balaban J connectivity index is 0.00000144. The van der Waals surface area contributed by atoms with Crippen LogP contribution in [0.1, 0.15) is 28.1 Å². The molecular weight excluding hydrogens is 152 g/mol. The van der Waals surface area contributed by atoms with E-state index < -0.39 is 0 Å². The van der Waals surface area contributed by atoms with Crippen molar-refractivity contribution in [3.63, 3.8) is 0 Å². The summed E-state index contributed by atoms with van der Waals surface area (Å²) in [5.74, 6) is 0.206.